The number of nitrogens with zero attached hydrogens (tertiary/aromatic N) is 1. The van der Waals surface area contributed by atoms with Crippen molar-refractivity contribution in [3.05, 3.63) is 76.9 Å². The molecule has 0 unspecified atom stereocenters. The van der Waals surface area contributed by atoms with Crippen molar-refractivity contribution in [1.82, 2.24) is 4.31 Å². The number of halogens is 1. The van der Waals surface area contributed by atoms with Gasteiger partial charge in [0.25, 0.3) is 0 Å². The monoisotopic (exact) mass is 345 g/mol. The summed E-state index contributed by atoms with van der Waals surface area (Å²) in [7, 11) is -3.52. The lowest BCUT2D eigenvalue weighted by atomic mass is 10.2. The Hall–Kier alpha value is -1.98. The van der Waals surface area contributed by atoms with E-state index in [1.165, 1.54) is 21.8 Å². The molecule has 24 heavy (non-hydrogen) atoms. The quantitative estimate of drug-likeness (QED) is 0.759. The highest BCUT2D eigenvalue weighted by Gasteiger charge is 2.29. The molecular formula is C19H20FNO2S. The minimum Gasteiger partial charge on any atom is -0.207 e. The molecule has 0 aliphatic heterocycles. The van der Waals surface area contributed by atoms with Crippen LogP contribution in [0.4, 0.5) is 4.39 Å². The van der Waals surface area contributed by atoms with Gasteiger partial charge >= 0.3 is 0 Å². The first-order valence-corrected chi connectivity index (χ1v) is 9.51. The van der Waals surface area contributed by atoms with E-state index in [9.17, 15) is 12.8 Å². The van der Waals surface area contributed by atoms with Crippen molar-refractivity contribution in [3.8, 4) is 0 Å². The number of benzene rings is 2. The third-order valence-corrected chi connectivity index (χ3v) is 5.50. The second-order valence-corrected chi connectivity index (χ2v) is 7.94. The standard InChI is InChI=1S/C19H20FNO2S/c20-19-10-8-18(9-11-19)15-21(14-17-6-7-17)24(22,23)13-12-16-4-2-1-3-5-16/h1-5,8-13,17H,6-7,14-15H2/b13-12+. The summed E-state index contributed by atoms with van der Waals surface area (Å²) in [6.45, 7) is 0.775. The van der Waals surface area contributed by atoms with Gasteiger partial charge < -0.3 is 0 Å². The molecule has 1 aliphatic carbocycles. The van der Waals surface area contributed by atoms with Gasteiger partial charge in [0.05, 0.1) is 0 Å². The normalized spacial score (nSPS) is 15.2. The summed E-state index contributed by atoms with van der Waals surface area (Å²) < 4.78 is 39.9. The fourth-order valence-corrected chi connectivity index (χ4v) is 3.70. The lowest BCUT2D eigenvalue weighted by molar-refractivity contribution is 0.396. The Kier molecular flexibility index (Phi) is 5.11. The molecule has 2 aromatic carbocycles. The van der Waals surface area contributed by atoms with Gasteiger partial charge in [-0.05, 0) is 48.1 Å². The van der Waals surface area contributed by atoms with Gasteiger partial charge in [0, 0.05) is 18.5 Å². The van der Waals surface area contributed by atoms with Gasteiger partial charge in [-0.2, -0.15) is 4.31 Å². The third kappa shape index (κ3) is 4.76. The topological polar surface area (TPSA) is 37.4 Å². The number of hydrogen-bond donors (Lipinski definition) is 0. The summed E-state index contributed by atoms with van der Waals surface area (Å²) in [5.41, 5.74) is 1.63. The van der Waals surface area contributed by atoms with E-state index in [1.54, 1.807) is 18.2 Å². The summed E-state index contributed by atoms with van der Waals surface area (Å²) in [5.74, 6) is 0.115. The Morgan fingerprint density at radius 2 is 1.71 bits per heavy atom. The van der Waals surface area contributed by atoms with Gasteiger partial charge in [-0.1, -0.05) is 42.5 Å². The first kappa shape index (κ1) is 16.9. The zero-order valence-corrected chi connectivity index (χ0v) is 14.1. The Morgan fingerprint density at radius 3 is 2.33 bits per heavy atom. The molecule has 1 aliphatic rings. The molecule has 1 saturated carbocycles. The average Bonchev–Trinajstić information content (AvgIpc) is 3.39. The van der Waals surface area contributed by atoms with Gasteiger partial charge in [-0.15, -0.1) is 0 Å². The van der Waals surface area contributed by atoms with Crippen LogP contribution in [0.3, 0.4) is 0 Å². The lowest BCUT2D eigenvalue weighted by Crippen LogP contribution is -2.31. The van der Waals surface area contributed by atoms with Gasteiger partial charge in [0.15, 0.2) is 0 Å². The molecule has 3 nitrogen and oxygen atoms in total. The van der Waals surface area contributed by atoms with E-state index >= 15 is 0 Å². The van der Waals surface area contributed by atoms with E-state index in [4.69, 9.17) is 0 Å². The second-order valence-electron chi connectivity index (χ2n) is 6.12. The second kappa shape index (κ2) is 7.28. The van der Waals surface area contributed by atoms with Crippen LogP contribution in [0.1, 0.15) is 24.0 Å². The molecule has 3 rings (SSSR count). The predicted molar refractivity (Wildman–Crippen MR) is 93.9 cm³/mol. The zero-order valence-electron chi connectivity index (χ0n) is 13.3. The molecule has 0 saturated heterocycles. The predicted octanol–water partition coefficient (Wildman–Crippen LogP) is 4.04. The van der Waals surface area contributed by atoms with Crippen molar-refractivity contribution in [2.45, 2.75) is 19.4 Å². The Labute approximate surface area is 142 Å². The minimum absolute atomic E-state index is 0.262. The van der Waals surface area contributed by atoms with Crippen molar-refractivity contribution in [2.24, 2.45) is 5.92 Å². The molecule has 0 atom stereocenters. The lowest BCUT2D eigenvalue weighted by Gasteiger charge is -2.20. The Morgan fingerprint density at radius 1 is 1.04 bits per heavy atom. The molecule has 0 heterocycles. The van der Waals surface area contributed by atoms with Gasteiger partial charge in [-0.3, -0.25) is 0 Å². The molecule has 1 fully saturated rings. The van der Waals surface area contributed by atoms with E-state index in [-0.39, 0.29) is 12.4 Å². The first-order chi connectivity index (χ1) is 11.5. The molecule has 0 spiro atoms. The highest BCUT2D eigenvalue weighted by molar-refractivity contribution is 7.92. The summed E-state index contributed by atoms with van der Waals surface area (Å²) in [4.78, 5) is 0. The first-order valence-electron chi connectivity index (χ1n) is 8.01. The van der Waals surface area contributed by atoms with Crippen molar-refractivity contribution in [2.75, 3.05) is 6.54 Å². The highest BCUT2D eigenvalue weighted by atomic mass is 32.2. The SMILES string of the molecule is O=S(=O)(/C=C/c1ccccc1)N(Cc1ccc(F)cc1)CC1CC1. The number of sulfonamides is 1. The van der Waals surface area contributed by atoms with E-state index in [2.05, 4.69) is 0 Å². The van der Waals surface area contributed by atoms with Crippen molar-refractivity contribution in [3.63, 3.8) is 0 Å². The molecule has 5 heteroatoms. The van der Waals surface area contributed by atoms with Crippen LogP contribution in [0.25, 0.3) is 6.08 Å². The van der Waals surface area contributed by atoms with E-state index in [0.29, 0.717) is 12.5 Å². The van der Waals surface area contributed by atoms with Crippen LogP contribution in [0, 0.1) is 11.7 Å². The summed E-state index contributed by atoms with van der Waals surface area (Å²) >= 11 is 0. The van der Waals surface area contributed by atoms with Crippen LogP contribution in [-0.2, 0) is 16.6 Å². The molecular weight excluding hydrogens is 325 g/mol. The third-order valence-electron chi connectivity index (χ3n) is 4.02. The fourth-order valence-electron chi connectivity index (χ4n) is 2.46. The highest BCUT2D eigenvalue weighted by Crippen LogP contribution is 2.31. The van der Waals surface area contributed by atoms with Crippen molar-refractivity contribution < 1.29 is 12.8 Å². The van der Waals surface area contributed by atoms with Crippen molar-refractivity contribution >= 4 is 16.1 Å². The largest absolute Gasteiger partial charge is 0.236 e. The Bertz CT molecular complexity index is 797. The smallest absolute Gasteiger partial charge is 0.207 e. The maximum Gasteiger partial charge on any atom is 0.236 e. The van der Waals surface area contributed by atoms with Gasteiger partial charge in [0.1, 0.15) is 5.82 Å². The molecule has 0 bridgehead atoms. The molecule has 0 radical (unpaired) electrons. The summed E-state index contributed by atoms with van der Waals surface area (Å²) in [6.07, 6.45) is 3.75. The van der Waals surface area contributed by atoms with Gasteiger partial charge in [0.2, 0.25) is 10.0 Å². The van der Waals surface area contributed by atoms with Crippen LogP contribution in [0.15, 0.2) is 60.0 Å². The van der Waals surface area contributed by atoms with Crippen LogP contribution in [-0.4, -0.2) is 19.3 Å². The van der Waals surface area contributed by atoms with Crippen LogP contribution < -0.4 is 0 Å². The molecule has 0 N–H and O–H groups in total. The van der Waals surface area contributed by atoms with E-state index in [1.807, 2.05) is 30.3 Å². The maximum atomic E-state index is 13.0. The Balaban J connectivity index is 1.78. The van der Waals surface area contributed by atoms with Crippen LogP contribution in [0.5, 0.6) is 0 Å². The summed E-state index contributed by atoms with van der Waals surface area (Å²) in [6, 6.07) is 15.3. The summed E-state index contributed by atoms with van der Waals surface area (Å²) in [5, 5.41) is 1.26. The minimum atomic E-state index is -3.52. The molecule has 2 aromatic rings. The van der Waals surface area contributed by atoms with Gasteiger partial charge in [-0.25, -0.2) is 12.8 Å². The van der Waals surface area contributed by atoms with Crippen LogP contribution >= 0.6 is 0 Å². The zero-order chi connectivity index (χ0) is 17.0. The van der Waals surface area contributed by atoms with E-state index < -0.39 is 10.0 Å². The number of rotatable bonds is 7. The molecule has 0 aromatic heterocycles. The molecule has 126 valence electrons. The maximum absolute atomic E-state index is 13.0. The van der Waals surface area contributed by atoms with Crippen molar-refractivity contribution in [1.29, 1.82) is 0 Å². The van der Waals surface area contributed by atoms with Crippen LogP contribution in [0.2, 0.25) is 0 Å². The number of hydrogen-bond acceptors (Lipinski definition) is 2. The molecule has 0 amide bonds. The fraction of sp³-hybridized carbons (Fsp3) is 0.263. The average molecular weight is 345 g/mol. The van der Waals surface area contributed by atoms with E-state index in [0.717, 1.165) is 24.0 Å².